The van der Waals surface area contributed by atoms with Crippen LogP contribution in [-0.2, 0) is 10.0 Å². The molecule has 3 aromatic rings. The molecule has 7 nitrogen and oxygen atoms in total. The monoisotopic (exact) mass is 459 g/mol. The molecular formula is C22H25N3O4S2. The van der Waals surface area contributed by atoms with Gasteiger partial charge in [-0.3, -0.25) is 0 Å². The Balaban J connectivity index is 1.40. The first kappa shape index (κ1) is 21.6. The molecule has 0 unspecified atom stereocenters. The van der Waals surface area contributed by atoms with Crippen molar-refractivity contribution < 1.29 is 17.9 Å². The molecule has 0 aliphatic carbocycles. The van der Waals surface area contributed by atoms with Crippen molar-refractivity contribution in [3.63, 3.8) is 0 Å². The number of hydrogen-bond acceptors (Lipinski definition) is 7. The number of piperazine rings is 1. The van der Waals surface area contributed by atoms with Gasteiger partial charge < -0.3 is 14.4 Å². The van der Waals surface area contributed by atoms with E-state index in [9.17, 15) is 8.42 Å². The number of sulfonamides is 1. The van der Waals surface area contributed by atoms with Crippen LogP contribution in [0, 0.1) is 0 Å². The third-order valence-corrected chi connectivity index (χ3v) is 7.97. The van der Waals surface area contributed by atoms with Gasteiger partial charge in [0.05, 0.1) is 24.3 Å². The fraction of sp³-hybridized carbons (Fsp3) is 0.318. The minimum Gasteiger partial charge on any atom is -0.497 e. The molecule has 1 aliphatic rings. The smallest absolute Gasteiger partial charge is 0.243 e. The van der Waals surface area contributed by atoms with E-state index in [4.69, 9.17) is 14.5 Å². The van der Waals surface area contributed by atoms with Gasteiger partial charge in [0.1, 0.15) is 11.5 Å². The van der Waals surface area contributed by atoms with E-state index < -0.39 is 10.0 Å². The van der Waals surface area contributed by atoms with Crippen LogP contribution in [0.25, 0.3) is 11.3 Å². The lowest BCUT2D eigenvalue weighted by Crippen LogP contribution is -2.48. The lowest BCUT2D eigenvalue weighted by Gasteiger charge is -2.33. The average molecular weight is 460 g/mol. The fourth-order valence-corrected chi connectivity index (χ4v) is 5.76. The van der Waals surface area contributed by atoms with Crippen LogP contribution < -0.4 is 14.4 Å². The summed E-state index contributed by atoms with van der Waals surface area (Å²) in [6.45, 7) is 4.65. The zero-order chi connectivity index (χ0) is 21.8. The van der Waals surface area contributed by atoms with Crippen molar-refractivity contribution in [1.82, 2.24) is 9.29 Å². The molecule has 4 rings (SSSR count). The highest BCUT2D eigenvalue weighted by atomic mass is 32.2. The van der Waals surface area contributed by atoms with Gasteiger partial charge in [-0.25, -0.2) is 13.4 Å². The normalized spacial score (nSPS) is 15.1. The van der Waals surface area contributed by atoms with Gasteiger partial charge in [0, 0.05) is 37.1 Å². The molecule has 1 saturated heterocycles. The van der Waals surface area contributed by atoms with Crippen LogP contribution in [-0.4, -0.2) is 57.6 Å². The summed E-state index contributed by atoms with van der Waals surface area (Å²) in [4.78, 5) is 7.19. The van der Waals surface area contributed by atoms with Crippen molar-refractivity contribution in [2.45, 2.75) is 11.8 Å². The lowest BCUT2D eigenvalue weighted by molar-refractivity contribution is 0.340. The van der Waals surface area contributed by atoms with E-state index in [1.165, 1.54) is 4.31 Å². The van der Waals surface area contributed by atoms with Crippen LogP contribution in [0.3, 0.4) is 0 Å². The standard InChI is InChI=1S/C22H25N3O4S2/c1-3-29-19-6-4-17(5-7-19)21-16-30-22(23-21)24-12-14-25(15-13-24)31(26,27)20-10-8-18(28-2)9-11-20/h4-11,16H,3,12-15H2,1-2H3. The Labute approximate surface area is 186 Å². The number of ether oxygens (including phenoxy) is 2. The van der Waals surface area contributed by atoms with Crippen molar-refractivity contribution in [2.75, 3.05) is 44.8 Å². The second-order valence-corrected chi connectivity index (χ2v) is 9.81. The highest BCUT2D eigenvalue weighted by Gasteiger charge is 2.29. The number of methoxy groups -OCH3 is 1. The Morgan fingerprint density at radius 3 is 2.23 bits per heavy atom. The van der Waals surface area contributed by atoms with Gasteiger partial charge in [0.2, 0.25) is 10.0 Å². The maximum Gasteiger partial charge on any atom is 0.243 e. The predicted octanol–water partition coefficient (Wildman–Crippen LogP) is 3.73. The van der Waals surface area contributed by atoms with Gasteiger partial charge in [0.25, 0.3) is 0 Å². The van der Waals surface area contributed by atoms with Gasteiger partial charge >= 0.3 is 0 Å². The van der Waals surface area contributed by atoms with E-state index >= 15 is 0 Å². The van der Waals surface area contributed by atoms with Gasteiger partial charge in [-0.1, -0.05) is 0 Å². The maximum atomic E-state index is 12.9. The quantitative estimate of drug-likeness (QED) is 0.536. The summed E-state index contributed by atoms with van der Waals surface area (Å²) in [7, 11) is -1.96. The summed E-state index contributed by atoms with van der Waals surface area (Å²) in [5.41, 5.74) is 1.95. The van der Waals surface area contributed by atoms with Crippen molar-refractivity contribution >= 4 is 26.5 Å². The lowest BCUT2D eigenvalue weighted by atomic mass is 10.2. The first-order valence-corrected chi connectivity index (χ1v) is 12.4. The van der Waals surface area contributed by atoms with Crippen LogP contribution in [0.2, 0.25) is 0 Å². The van der Waals surface area contributed by atoms with E-state index in [1.54, 1.807) is 42.7 Å². The molecule has 31 heavy (non-hydrogen) atoms. The number of benzene rings is 2. The van der Waals surface area contributed by atoms with Crippen LogP contribution in [0.1, 0.15) is 6.92 Å². The molecule has 9 heteroatoms. The van der Waals surface area contributed by atoms with Gasteiger partial charge in [-0.2, -0.15) is 4.31 Å². The Kier molecular flexibility index (Phi) is 6.45. The first-order chi connectivity index (χ1) is 15.0. The fourth-order valence-electron chi connectivity index (χ4n) is 3.45. The van der Waals surface area contributed by atoms with Gasteiger partial charge in [0.15, 0.2) is 5.13 Å². The molecule has 164 valence electrons. The highest BCUT2D eigenvalue weighted by molar-refractivity contribution is 7.89. The van der Waals surface area contributed by atoms with Gasteiger partial charge in [-0.05, 0) is 55.5 Å². The average Bonchev–Trinajstić information content (AvgIpc) is 3.30. The second kappa shape index (κ2) is 9.25. The number of aromatic nitrogens is 1. The molecule has 0 amide bonds. The minimum absolute atomic E-state index is 0.286. The van der Waals surface area contributed by atoms with Crippen molar-refractivity contribution in [3.8, 4) is 22.8 Å². The van der Waals surface area contributed by atoms with Crippen LogP contribution in [0.4, 0.5) is 5.13 Å². The molecule has 0 atom stereocenters. The molecule has 1 fully saturated rings. The number of thiazole rings is 1. The summed E-state index contributed by atoms with van der Waals surface area (Å²) in [6.07, 6.45) is 0. The Hall–Kier alpha value is -2.62. The van der Waals surface area contributed by atoms with Gasteiger partial charge in [-0.15, -0.1) is 11.3 Å². The molecule has 1 aromatic heterocycles. The third kappa shape index (κ3) is 4.68. The Morgan fingerprint density at radius 1 is 0.968 bits per heavy atom. The van der Waals surface area contributed by atoms with E-state index in [-0.39, 0.29) is 4.90 Å². The van der Waals surface area contributed by atoms with Crippen molar-refractivity contribution in [3.05, 3.63) is 53.9 Å². The molecule has 0 saturated carbocycles. The zero-order valence-electron chi connectivity index (χ0n) is 17.5. The minimum atomic E-state index is -3.52. The van der Waals surface area contributed by atoms with E-state index in [0.717, 1.165) is 22.1 Å². The topological polar surface area (TPSA) is 72.0 Å². The first-order valence-electron chi connectivity index (χ1n) is 10.1. The SMILES string of the molecule is CCOc1ccc(-c2csc(N3CCN(S(=O)(=O)c4ccc(OC)cc4)CC3)n2)cc1. The molecule has 2 heterocycles. The summed E-state index contributed by atoms with van der Waals surface area (Å²) in [5, 5.41) is 2.94. The number of hydrogen-bond donors (Lipinski definition) is 0. The maximum absolute atomic E-state index is 12.9. The molecule has 2 aromatic carbocycles. The van der Waals surface area contributed by atoms with Crippen LogP contribution in [0.5, 0.6) is 11.5 Å². The Bertz CT molecular complexity index is 1100. The van der Waals surface area contributed by atoms with Crippen molar-refractivity contribution in [1.29, 1.82) is 0 Å². The van der Waals surface area contributed by atoms with Crippen LogP contribution in [0.15, 0.2) is 58.8 Å². The van der Waals surface area contributed by atoms with E-state index in [2.05, 4.69) is 4.90 Å². The predicted molar refractivity (Wildman–Crippen MR) is 123 cm³/mol. The zero-order valence-corrected chi connectivity index (χ0v) is 19.2. The summed E-state index contributed by atoms with van der Waals surface area (Å²) < 4.78 is 38.0. The summed E-state index contributed by atoms with van der Waals surface area (Å²) in [5.74, 6) is 1.48. The second-order valence-electron chi connectivity index (χ2n) is 7.04. The number of anilines is 1. The summed E-state index contributed by atoms with van der Waals surface area (Å²) >= 11 is 1.58. The molecule has 1 aliphatic heterocycles. The molecular weight excluding hydrogens is 434 g/mol. The number of nitrogens with zero attached hydrogens (tertiary/aromatic N) is 3. The third-order valence-electron chi connectivity index (χ3n) is 5.16. The van der Waals surface area contributed by atoms with Crippen molar-refractivity contribution in [2.24, 2.45) is 0 Å². The molecule has 0 radical (unpaired) electrons. The Morgan fingerprint density at radius 2 is 1.61 bits per heavy atom. The molecule has 0 N–H and O–H groups in total. The largest absolute Gasteiger partial charge is 0.497 e. The summed E-state index contributed by atoms with van der Waals surface area (Å²) in [6, 6.07) is 14.4. The number of rotatable bonds is 7. The molecule has 0 spiro atoms. The van der Waals surface area contributed by atoms with Crippen LogP contribution >= 0.6 is 11.3 Å². The van der Waals surface area contributed by atoms with E-state index in [1.807, 2.05) is 36.6 Å². The highest BCUT2D eigenvalue weighted by Crippen LogP contribution is 2.30. The molecule has 0 bridgehead atoms. The van der Waals surface area contributed by atoms with E-state index in [0.29, 0.717) is 38.5 Å².